The number of nitrogens with zero attached hydrogens (tertiary/aromatic N) is 6. The average molecular weight is 360 g/mol. The number of hydrogen-bond donors (Lipinski definition) is 0. The number of pyridine rings is 1. The lowest BCUT2D eigenvalue weighted by atomic mass is 10.1. The van der Waals surface area contributed by atoms with E-state index in [1.54, 1.807) is 15.3 Å². The summed E-state index contributed by atoms with van der Waals surface area (Å²) >= 11 is 0. The van der Waals surface area contributed by atoms with Crippen molar-refractivity contribution in [1.29, 1.82) is 0 Å². The van der Waals surface area contributed by atoms with Crippen LogP contribution in [0.1, 0.15) is 11.6 Å². The highest BCUT2D eigenvalue weighted by Crippen LogP contribution is 2.24. The highest BCUT2D eigenvalue weighted by molar-refractivity contribution is 7.85. The van der Waals surface area contributed by atoms with Crippen LogP contribution in [-0.4, -0.2) is 57.7 Å². The Morgan fingerprint density at radius 3 is 2.96 bits per heavy atom. The molecule has 0 spiro atoms. The van der Waals surface area contributed by atoms with E-state index in [2.05, 4.69) is 15.1 Å². The van der Waals surface area contributed by atoms with Crippen LogP contribution >= 0.6 is 0 Å². The molecule has 4 heterocycles. The first-order chi connectivity index (χ1) is 12.1. The van der Waals surface area contributed by atoms with Gasteiger partial charge in [0.15, 0.2) is 5.65 Å². The monoisotopic (exact) mass is 360 g/mol. The Bertz CT molecular complexity index is 974. The van der Waals surface area contributed by atoms with Gasteiger partial charge in [0, 0.05) is 66.4 Å². The number of hydrogen-bond acceptors (Lipinski definition) is 5. The van der Waals surface area contributed by atoms with Crippen LogP contribution in [0.2, 0.25) is 0 Å². The third kappa shape index (κ3) is 3.16. The molecule has 2 atom stereocenters. The summed E-state index contributed by atoms with van der Waals surface area (Å²) in [6, 6.07) is 5.57. The molecule has 0 N–H and O–H groups in total. The van der Waals surface area contributed by atoms with Crippen LogP contribution in [0.15, 0.2) is 41.6 Å². The van der Waals surface area contributed by atoms with Gasteiger partial charge in [-0.05, 0) is 12.1 Å². The van der Waals surface area contributed by atoms with Gasteiger partial charge in [-0.25, -0.2) is 9.48 Å². The first-order valence-corrected chi connectivity index (χ1v) is 9.72. The van der Waals surface area contributed by atoms with E-state index >= 15 is 0 Å². The largest absolute Gasteiger partial charge is 0.350 e. The van der Waals surface area contributed by atoms with Gasteiger partial charge in [-0.3, -0.25) is 18.2 Å². The van der Waals surface area contributed by atoms with Gasteiger partial charge in [0.05, 0.1) is 12.7 Å². The summed E-state index contributed by atoms with van der Waals surface area (Å²) in [6.45, 7) is 1.93. The topological polar surface area (TPSA) is 77.4 Å². The van der Waals surface area contributed by atoms with Gasteiger partial charge in [-0.2, -0.15) is 5.10 Å². The molecule has 8 nitrogen and oxygen atoms in total. The zero-order valence-electron chi connectivity index (χ0n) is 14.0. The molecule has 0 radical (unpaired) electrons. The predicted octanol–water partition coefficient (Wildman–Crippen LogP) is 0.0351. The predicted molar refractivity (Wildman–Crippen MR) is 94.9 cm³/mol. The quantitative estimate of drug-likeness (QED) is 0.656. The van der Waals surface area contributed by atoms with Crippen molar-refractivity contribution in [3.63, 3.8) is 0 Å². The number of rotatable bonds is 4. The van der Waals surface area contributed by atoms with Gasteiger partial charge >= 0.3 is 5.69 Å². The van der Waals surface area contributed by atoms with Crippen LogP contribution in [0.5, 0.6) is 0 Å². The van der Waals surface area contributed by atoms with Gasteiger partial charge in [0.25, 0.3) is 0 Å². The number of aromatic nitrogens is 5. The summed E-state index contributed by atoms with van der Waals surface area (Å²) in [5, 5.41) is 8.61. The van der Waals surface area contributed by atoms with E-state index < -0.39 is 10.8 Å². The van der Waals surface area contributed by atoms with Gasteiger partial charge in [0.1, 0.15) is 0 Å². The average Bonchev–Trinajstić information content (AvgIpc) is 3.18. The number of aryl methyl sites for hydroxylation is 1. The van der Waals surface area contributed by atoms with E-state index in [4.69, 9.17) is 0 Å². The minimum absolute atomic E-state index is 0.0658. The molecule has 25 heavy (non-hydrogen) atoms. The van der Waals surface area contributed by atoms with Crippen LogP contribution in [0, 0.1) is 0 Å². The van der Waals surface area contributed by atoms with E-state index in [0.29, 0.717) is 30.2 Å². The second-order valence-electron chi connectivity index (χ2n) is 6.24. The molecule has 9 heteroatoms. The Labute approximate surface area is 147 Å². The maximum Gasteiger partial charge on any atom is 0.350 e. The summed E-state index contributed by atoms with van der Waals surface area (Å²) in [4.78, 5) is 14.7. The van der Waals surface area contributed by atoms with Gasteiger partial charge in [-0.15, -0.1) is 5.10 Å². The Kier molecular flexibility index (Phi) is 4.26. The molecular weight excluding hydrogens is 340 g/mol. The molecule has 132 valence electrons. The van der Waals surface area contributed by atoms with Gasteiger partial charge in [0.2, 0.25) is 0 Å². The summed E-state index contributed by atoms with van der Waals surface area (Å²) in [5.41, 5.74) is 1.59. The molecule has 0 aliphatic carbocycles. The van der Waals surface area contributed by atoms with E-state index in [1.807, 2.05) is 37.6 Å². The van der Waals surface area contributed by atoms with Crippen molar-refractivity contribution in [2.45, 2.75) is 12.6 Å². The molecule has 3 aromatic rings. The molecule has 1 saturated heterocycles. The van der Waals surface area contributed by atoms with Crippen molar-refractivity contribution in [1.82, 2.24) is 28.9 Å². The third-order valence-corrected chi connectivity index (χ3v) is 5.91. The molecule has 0 amide bonds. The lowest BCUT2D eigenvalue weighted by molar-refractivity contribution is 0.206. The summed E-state index contributed by atoms with van der Waals surface area (Å²) < 4.78 is 16.8. The minimum atomic E-state index is -0.814. The zero-order chi connectivity index (χ0) is 17.4. The SMILES string of the molecule is Cn1cc(C2CS(=O)CCN2CCn2nc3ccccn3c2=O)cn1. The highest BCUT2D eigenvalue weighted by atomic mass is 32.2. The number of fused-ring (bicyclic) bond motifs is 1. The summed E-state index contributed by atoms with van der Waals surface area (Å²) in [5.74, 6) is 1.27. The molecule has 1 aliphatic rings. The second-order valence-corrected chi connectivity index (χ2v) is 7.87. The molecule has 1 fully saturated rings. The lowest BCUT2D eigenvalue weighted by Gasteiger charge is -2.34. The Balaban J connectivity index is 1.54. The normalized spacial score (nSPS) is 21.8. The van der Waals surface area contributed by atoms with E-state index in [0.717, 1.165) is 12.1 Å². The maximum absolute atomic E-state index is 12.4. The molecular formula is C16H20N6O2S. The van der Waals surface area contributed by atoms with Crippen molar-refractivity contribution in [2.24, 2.45) is 7.05 Å². The molecule has 0 aromatic carbocycles. The van der Waals surface area contributed by atoms with Crippen molar-refractivity contribution in [3.05, 3.63) is 52.8 Å². The van der Waals surface area contributed by atoms with E-state index in [9.17, 15) is 9.00 Å². The molecule has 0 bridgehead atoms. The first-order valence-electron chi connectivity index (χ1n) is 8.23. The van der Waals surface area contributed by atoms with Crippen molar-refractivity contribution >= 4 is 16.4 Å². The Hall–Kier alpha value is -2.26. The fourth-order valence-electron chi connectivity index (χ4n) is 3.26. The second kappa shape index (κ2) is 6.57. The third-order valence-electron chi connectivity index (χ3n) is 4.59. The van der Waals surface area contributed by atoms with Gasteiger partial charge in [-0.1, -0.05) is 6.07 Å². The highest BCUT2D eigenvalue weighted by Gasteiger charge is 2.28. The van der Waals surface area contributed by atoms with Crippen molar-refractivity contribution < 1.29 is 4.21 Å². The molecule has 1 aliphatic heterocycles. The summed E-state index contributed by atoms with van der Waals surface area (Å²) in [6.07, 6.45) is 5.53. The van der Waals surface area contributed by atoms with Crippen LogP contribution in [0.4, 0.5) is 0 Å². The van der Waals surface area contributed by atoms with Crippen LogP contribution in [0.3, 0.4) is 0 Å². The standard InChI is InChI=1S/C16H20N6O2S/c1-19-11-13(10-17-19)14-12-25(24)9-8-20(14)6-7-22-16(23)21-5-3-2-4-15(21)18-22/h2-5,10-11,14H,6-9,12H2,1H3. The fourth-order valence-corrected chi connectivity index (χ4v) is 4.62. The lowest BCUT2D eigenvalue weighted by Crippen LogP contribution is -2.43. The van der Waals surface area contributed by atoms with Crippen LogP contribution < -0.4 is 5.69 Å². The smallest absolute Gasteiger partial charge is 0.293 e. The Morgan fingerprint density at radius 1 is 1.32 bits per heavy atom. The van der Waals surface area contributed by atoms with Crippen molar-refractivity contribution in [3.8, 4) is 0 Å². The minimum Gasteiger partial charge on any atom is -0.293 e. The molecule has 2 unspecified atom stereocenters. The van der Waals surface area contributed by atoms with E-state index in [1.165, 1.54) is 4.68 Å². The Morgan fingerprint density at radius 2 is 2.20 bits per heavy atom. The first kappa shape index (κ1) is 16.2. The molecule has 0 saturated carbocycles. The fraction of sp³-hybridized carbons (Fsp3) is 0.438. The van der Waals surface area contributed by atoms with Gasteiger partial charge < -0.3 is 0 Å². The van der Waals surface area contributed by atoms with Crippen LogP contribution in [-0.2, 0) is 24.4 Å². The maximum atomic E-state index is 12.4. The zero-order valence-corrected chi connectivity index (χ0v) is 14.8. The molecule has 3 aromatic heterocycles. The van der Waals surface area contributed by atoms with E-state index in [-0.39, 0.29) is 11.7 Å². The molecule has 4 rings (SSSR count). The summed E-state index contributed by atoms with van der Waals surface area (Å²) in [7, 11) is 1.06. The van der Waals surface area contributed by atoms with Crippen LogP contribution in [0.25, 0.3) is 5.65 Å². The van der Waals surface area contributed by atoms with Crippen molar-refractivity contribution in [2.75, 3.05) is 24.6 Å².